The molecule has 10 heteroatoms. The number of hydrogen-bond donors (Lipinski definition) is 2. The Morgan fingerprint density at radius 1 is 1.32 bits per heavy atom. The van der Waals surface area contributed by atoms with Crippen LogP contribution in [-0.4, -0.2) is 54.3 Å². The van der Waals surface area contributed by atoms with Gasteiger partial charge in [-0.2, -0.15) is 9.57 Å². The van der Waals surface area contributed by atoms with Gasteiger partial charge in [0, 0.05) is 17.6 Å². The number of ether oxygens (including phenoxy) is 1. The Morgan fingerprint density at radius 2 is 2.00 bits per heavy atom. The Morgan fingerprint density at radius 3 is 2.57 bits per heavy atom. The fraction of sp³-hybridized carbons (Fsp3) is 0.278. The van der Waals surface area contributed by atoms with Crippen molar-refractivity contribution in [3.05, 3.63) is 58.9 Å². The van der Waals surface area contributed by atoms with Crippen LogP contribution in [0.2, 0.25) is 5.02 Å². The van der Waals surface area contributed by atoms with Crippen LogP contribution in [0.3, 0.4) is 0 Å². The molecule has 148 valence electrons. The molecule has 1 aliphatic rings. The summed E-state index contributed by atoms with van der Waals surface area (Å²) in [5.41, 5.74) is -2.06. The number of nitriles is 1. The molecule has 1 heterocycles. The van der Waals surface area contributed by atoms with Gasteiger partial charge in [-0.05, 0) is 36.4 Å². The fourth-order valence-corrected chi connectivity index (χ4v) is 4.52. The second kappa shape index (κ2) is 7.66. The molecule has 0 saturated carbocycles. The molecule has 1 unspecified atom stereocenters. The van der Waals surface area contributed by atoms with Crippen molar-refractivity contribution in [2.45, 2.75) is 16.6 Å². The van der Waals surface area contributed by atoms with Gasteiger partial charge in [0.1, 0.15) is 29.3 Å². The van der Waals surface area contributed by atoms with Gasteiger partial charge >= 0.3 is 0 Å². The van der Waals surface area contributed by atoms with Crippen molar-refractivity contribution in [1.82, 2.24) is 4.31 Å². The van der Waals surface area contributed by atoms with E-state index in [9.17, 15) is 23.0 Å². The van der Waals surface area contributed by atoms with Gasteiger partial charge in [0.05, 0.1) is 23.6 Å². The van der Waals surface area contributed by atoms with Gasteiger partial charge in [0.25, 0.3) is 0 Å². The maximum atomic E-state index is 13.8. The summed E-state index contributed by atoms with van der Waals surface area (Å²) in [7, 11) is -3.97. The number of aliphatic hydroxyl groups is 2. The van der Waals surface area contributed by atoms with E-state index in [0.29, 0.717) is 5.02 Å². The van der Waals surface area contributed by atoms with Crippen molar-refractivity contribution in [3.63, 3.8) is 0 Å². The zero-order chi connectivity index (χ0) is 20.5. The first-order chi connectivity index (χ1) is 13.2. The Labute approximate surface area is 166 Å². The van der Waals surface area contributed by atoms with Gasteiger partial charge in [-0.3, -0.25) is 0 Å². The second-order valence-corrected chi connectivity index (χ2v) is 8.75. The number of hydrogen-bond acceptors (Lipinski definition) is 6. The number of aliphatic hydroxyl groups excluding tert-OH is 1. The molecule has 28 heavy (non-hydrogen) atoms. The Kier molecular flexibility index (Phi) is 5.61. The smallest absolute Gasteiger partial charge is 0.243 e. The lowest BCUT2D eigenvalue weighted by Gasteiger charge is -2.27. The van der Waals surface area contributed by atoms with Crippen molar-refractivity contribution < 1.29 is 27.8 Å². The number of rotatable bonds is 5. The molecular formula is C18H16ClFN2O5S. The minimum atomic E-state index is -3.97. The third-order valence-corrected chi connectivity index (χ3v) is 6.56. The molecule has 1 aliphatic heterocycles. The normalized spacial score (nSPS) is 22.8. The van der Waals surface area contributed by atoms with E-state index in [1.807, 2.05) is 0 Å². The second-order valence-electron chi connectivity index (χ2n) is 6.37. The quantitative estimate of drug-likeness (QED) is 0.750. The van der Waals surface area contributed by atoms with Crippen LogP contribution in [0.1, 0.15) is 5.56 Å². The lowest BCUT2D eigenvalue weighted by atomic mass is 10.0. The van der Waals surface area contributed by atoms with Crippen LogP contribution >= 0.6 is 11.6 Å². The fourth-order valence-electron chi connectivity index (χ4n) is 2.89. The summed E-state index contributed by atoms with van der Waals surface area (Å²) in [4.78, 5) is -0.0257. The Hall–Kier alpha value is -2.22. The van der Waals surface area contributed by atoms with E-state index in [4.69, 9.17) is 21.6 Å². The number of benzene rings is 2. The third-order valence-electron chi connectivity index (χ3n) is 4.48. The summed E-state index contributed by atoms with van der Waals surface area (Å²) >= 11 is 5.78. The van der Waals surface area contributed by atoms with Gasteiger partial charge in [-0.1, -0.05) is 11.6 Å². The molecule has 1 fully saturated rings. The topological polar surface area (TPSA) is 111 Å². The minimum absolute atomic E-state index is 0.000819. The molecule has 2 atom stereocenters. The van der Waals surface area contributed by atoms with Crippen molar-refractivity contribution in [2.24, 2.45) is 0 Å². The van der Waals surface area contributed by atoms with E-state index in [-0.39, 0.29) is 22.8 Å². The summed E-state index contributed by atoms with van der Waals surface area (Å²) < 4.78 is 46.0. The van der Waals surface area contributed by atoms with Crippen LogP contribution in [0.5, 0.6) is 5.75 Å². The molecule has 2 N–H and O–H groups in total. The van der Waals surface area contributed by atoms with Crippen LogP contribution in [-0.2, 0) is 10.0 Å². The average Bonchev–Trinajstić information content (AvgIpc) is 3.00. The molecule has 0 aliphatic carbocycles. The van der Waals surface area contributed by atoms with E-state index < -0.39 is 40.7 Å². The molecule has 2 aromatic carbocycles. The zero-order valence-electron chi connectivity index (χ0n) is 14.4. The standard InChI is InChI=1S/C18H16ClFN2O5S/c19-13-2-5-15(6-3-13)28(25,26)22-9-17(18(24,10-22)11-23)27-14-4-1-12(8-21)16(20)7-14/h1-7,17,23-24H,9-11H2/t17?,18-/m1/s1. The van der Waals surface area contributed by atoms with Crippen LogP contribution in [0.4, 0.5) is 4.39 Å². The number of β-amino-alcohol motifs (C(OH)–C–C–N with tert-alkyl or cyclic N) is 1. The third kappa shape index (κ3) is 3.83. The summed E-state index contributed by atoms with van der Waals surface area (Å²) in [6.45, 7) is -1.43. The molecule has 0 aromatic heterocycles. The molecule has 0 amide bonds. The molecule has 0 radical (unpaired) electrons. The van der Waals surface area contributed by atoms with Crippen molar-refractivity contribution in [2.75, 3.05) is 19.7 Å². The van der Waals surface area contributed by atoms with Gasteiger partial charge in [0.15, 0.2) is 0 Å². The van der Waals surface area contributed by atoms with Crippen molar-refractivity contribution in [3.8, 4) is 11.8 Å². The summed E-state index contributed by atoms with van der Waals surface area (Å²) in [6, 6.07) is 10.7. The average molecular weight is 427 g/mol. The van der Waals surface area contributed by atoms with Crippen LogP contribution in [0, 0.1) is 17.1 Å². The molecule has 0 spiro atoms. The highest BCUT2D eigenvalue weighted by molar-refractivity contribution is 7.89. The SMILES string of the molecule is N#Cc1ccc(OC2CN(S(=O)(=O)c3ccc(Cl)cc3)C[C@@]2(O)CO)cc1F. The molecule has 3 rings (SSSR count). The van der Waals surface area contributed by atoms with Crippen molar-refractivity contribution >= 4 is 21.6 Å². The first-order valence-electron chi connectivity index (χ1n) is 8.15. The summed E-state index contributed by atoms with van der Waals surface area (Å²) in [5.74, 6) is -0.810. The van der Waals surface area contributed by atoms with E-state index in [1.165, 1.54) is 36.4 Å². The van der Waals surface area contributed by atoms with Crippen LogP contribution < -0.4 is 4.74 Å². The van der Waals surface area contributed by atoms with Gasteiger partial charge in [0.2, 0.25) is 10.0 Å². The maximum absolute atomic E-state index is 13.8. The molecule has 1 saturated heterocycles. The predicted octanol–water partition coefficient (Wildman–Crippen LogP) is 1.53. The lowest BCUT2D eigenvalue weighted by Crippen LogP contribution is -2.48. The highest BCUT2D eigenvalue weighted by Crippen LogP contribution is 2.31. The van der Waals surface area contributed by atoms with Gasteiger partial charge in [-0.15, -0.1) is 0 Å². The lowest BCUT2D eigenvalue weighted by molar-refractivity contribution is -0.0641. The monoisotopic (exact) mass is 426 g/mol. The van der Waals surface area contributed by atoms with E-state index >= 15 is 0 Å². The zero-order valence-corrected chi connectivity index (χ0v) is 16.0. The molecular weight excluding hydrogens is 411 g/mol. The first kappa shape index (κ1) is 20.5. The largest absolute Gasteiger partial charge is 0.486 e. The molecule has 2 aromatic rings. The molecule has 7 nitrogen and oxygen atoms in total. The van der Waals surface area contributed by atoms with E-state index in [0.717, 1.165) is 10.4 Å². The Balaban J connectivity index is 1.86. The maximum Gasteiger partial charge on any atom is 0.243 e. The number of nitrogens with zero attached hydrogens (tertiary/aromatic N) is 2. The highest BCUT2D eigenvalue weighted by Gasteiger charge is 2.50. The predicted molar refractivity (Wildman–Crippen MR) is 97.8 cm³/mol. The summed E-state index contributed by atoms with van der Waals surface area (Å²) in [5, 5.41) is 29.4. The Bertz CT molecular complexity index is 1030. The van der Waals surface area contributed by atoms with E-state index in [2.05, 4.69) is 0 Å². The number of sulfonamides is 1. The highest BCUT2D eigenvalue weighted by atomic mass is 35.5. The minimum Gasteiger partial charge on any atom is -0.486 e. The number of halogens is 2. The first-order valence-corrected chi connectivity index (χ1v) is 9.97. The van der Waals surface area contributed by atoms with Crippen molar-refractivity contribution in [1.29, 1.82) is 5.26 Å². The van der Waals surface area contributed by atoms with Crippen LogP contribution in [0.15, 0.2) is 47.4 Å². The summed E-state index contributed by atoms with van der Waals surface area (Å²) in [6.07, 6.45) is -1.15. The van der Waals surface area contributed by atoms with Gasteiger partial charge in [-0.25, -0.2) is 12.8 Å². The van der Waals surface area contributed by atoms with Gasteiger partial charge < -0.3 is 14.9 Å². The van der Waals surface area contributed by atoms with E-state index in [1.54, 1.807) is 6.07 Å². The molecule has 0 bridgehead atoms. The van der Waals surface area contributed by atoms with Crippen LogP contribution in [0.25, 0.3) is 0 Å².